The van der Waals surface area contributed by atoms with Crippen molar-refractivity contribution in [3.63, 3.8) is 0 Å². The lowest BCUT2D eigenvalue weighted by atomic mass is 10.6. The summed E-state index contributed by atoms with van der Waals surface area (Å²) in [6, 6.07) is 0. The van der Waals surface area contributed by atoms with Crippen LogP contribution in [0.2, 0.25) is 0 Å². The molecule has 0 saturated carbocycles. The van der Waals surface area contributed by atoms with Crippen molar-refractivity contribution in [2.45, 2.75) is 5.25 Å². The van der Waals surface area contributed by atoms with E-state index in [1.165, 1.54) is 0 Å². The van der Waals surface area contributed by atoms with Crippen LogP contribution in [-0.2, 0) is 0 Å². The zero-order valence-electron chi connectivity index (χ0n) is 4.69. The number of nitrogens with one attached hydrogen (secondary N) is 1. The molecule has 0 aromatic carbocycles. The third-order valence-corrected chi connectivity index (χ3v) is 1.90. The summed E-state index contributed by atoms with van der Waals surface area (Å²) in [7, 11) is 0. The van der Waals surface area contributed by atoms with Gasteiger partial charge in [0.05, 0.1) is 6.54 Å². The molecule has 0 atom stereocenters. The zero-order chi connectivity index (χ0) is 6.04. The Morgan fingerprint density at radius 3 is 2.33 bits per heavy atom. The van der Waals surface area contributed by atoms with Crippen molar-refractivity contribution < 1.29 is 8.78 Å². The highest BCUT2D eigenvalue weighted by Crippen LogP contribution is 2.29. The van der Waals surface area contributed by atoms with Crippen molar-refractivity contribution in [1.82, 2.24) is 5.32 Å². The fourth-order valence-corrected chi connectivity index (χ4v) is 1.31. The second-order valence-electron chi connectivity index (χ2n) is 1.66. The van der Waals surface area contributed by atoms with Crippen molar-refractivity contribution in [2.75, 3.05) is 18.8 Å². The first-order chi connectivity index (χ1) is 3.71. The molecule has 0 aliphatic carbocycles. The van der Waals surface area contributed by atoms with Crippen LogP contribution in [0.3, 0.4) is 0 Å². The third-order valence-electron chi connectivity index (χ3n) is 0.923. The molecule has 1 heterocycles. The van der Waals surface area contributed by atoms with Gasteiger partial charge < -0.3 is 5.32 Å². The monoisotopic (exact) mass is 175 g/mol. The van der Waals surface area contributed by atoms with E-state index in [9.17, 15) is 8.78 Å². The first-order valence-corrected chi connectivity index (χ1v) is 3.42. The number of hydrogen-bond acceptors (Lipinski definition) is 2. The summed E-state index contributed by atoms with van der Waals surface area (Å²) in [6.45, 7) is 0.540. The molecule has 0 spiro atoms. The highest BCUT2D eigenvalue weighted by Gasteiger charge is 2.31. The zero-order valence-corrected chi connectivity index (χ0v) is 6.33. The van der Waals surface area contributed by atoms with Crippen LogP contribution in [0, 0.1) is 0 Å². The van der Waals surface area contributed by atoms with Gasteiger partial charge in [-0.15, -0.1) is 12.4 Å². The normalized spacial score (nSPS) is 24.7. The predicted molar refractivity (Wildman–Crippen MR) is 37.5 cm³/mol. The van der Waals surface area contributed by atoms with Gasteiger partial charge in [-0.25, -0.2) is 0 Å². The van der Waals surface area contributed by atoms with Crippen LogP contribution in [-0.4, -0.2) is 24.1 Å². The van der Waals surface area contributed by atoms with Crippen molar-refractivity contribution >= 4 is 24.2 Å². The van der Waals surface area contributed by atoms with Gasteiger partial charge in [0, 0.05) is 12.3 Å². The number of rotatable bonds is 0. The molecule has 0 amide bonds. The maximum absolute atomic E-state index is 12.1. The molecule has 5 heteroatoms. The van der Waals surface area contributed by atoms with E-state index in [0.717, 1.165) is 11.8 Å². The van der Waals surface area contributed by atoms with Crippen molar-refractivity contribution in [3.05, 3.63) is 0 Å². The van der Waals surface area contributed by atoms with E-state index in [2.05, 4.69) is 5.32 Å². The largest absolute Gasteiger partial charge is 0.310 e. The number of thioether (sulfide) groups is 1. The molecule has 1 nitrogen and oxygen atoms in total. The van der Waals surface area contributed by atoms with Crippen LogP contribution in [0.4, 0.5) is 8.78 Å². The molecular weight excluding hydrogens is 168 g/mol. The molecule has 0 aromatic rings. The number of alkyl halides is 2. The molecule has 1 saturated heterocycles. The van der Waals surface area contributed by atoms with E-state index in [0.29, 0.717) is 12.3 Å². The molecule has 1 aliphatic heterocycles. The number of hydrogen-bond donors (Lipinski definition) is 1. The highest BCUT2D eigenvalue weighted by molar-refractivity contribution is 8.00. The van der Waals surface area contributed by atoms with Gasteiger partial charge in [0.2, 0.25) is 0 Å². The minimum absolute atomic E-state index is 0. The molecule has 9 heavy (non-hydrogen) atoms. The molecule has 1 N–H and O–H groups in total. The molecule has 1 fully saturated rings. The SMILES string of the molecule is Cl.FC1(F)CNCCS1. The van der Waals surface area contributed by atoms with Crippen LogP contribution in [0.15, 0.2) is 0 Å². The fraction of sp³-hybridized carbons (Fsp3) is 1.00. The average molecular weight is 176 g/mol. The van der Waals surface area contributed by atoms with Crippen LogP contribution in [0.1, 0.15) is 0 Å². The van der Waals surface area contributed by atoms with Crippen molar-refractivity contribution in [3.8, 4) is 0 Å². The van der Waals surface area contributed by atoms with Gasteiger partial charge in [-0.1, -0.05) is 11.8 Å². The summed E-state index contributed by atoms with van der Waals surface area (Å²) >= 11 is 0.725. The summed E-state index contributed by atoms with van der Waals surface area (Å²) in [6.07, 6.45) is 0. The molecule has 0 radical (unpaired) electrons. The molecule has 0 unspecified atom stereocenters. The van der Waals surface area contributed by atoms with Crippen LogP contribution in [0.5, 0.6) is 0 Å². The van der Waals surface area contributed by atoms with E-state index < -0.39 is 5.25 Å². The summed E-state index contributed by atoms with van der Waals surface area (Å²) < 4.78 is 24.2. The van der Waals surface area contributed by atoms with Gasteiger partial charge in [-0.2, -0.15) is 8.78 Å². The standard InChI is InChI=1S/C4H7F2NS.ClH/c5-4(6)3-7-1-2-8-4;/h7H,1-3H2;1H. The first kappa shape index (κ1) is 9.46. The van der Waals surface area contributed by atoms with Gasteiger partial charge in [0.15, 0.2) is 0 Å². The maximum Gasteiger partial charge on any atom is 0.306 e. The van der Waals surface area contributed by atoms with E-state index >= 15 is 0 Å². The Morgan fingerprint density at radius 1 is 1.44 bits per heavy atom. The van der Waals surface area contributed by atoms with E-state index in [1.807, 2.05) is 0 Å². The smallest absolute Gasteiger partial charge is 0.306 e. The lowest BCUT2D eigenvalue weighted by molar-refractivity contribution is 0.101. The van der Waals surface area contributed by atoms with E-state index in [1.54, 1.807) is 0 Å². The summed E-state index contributed by atoms with van der Waals surface area (Å²) in [4.78, 5) is 0. The lowest BCUT2D eigenvalue weighted by Crippen LogP contribution is -2.37. The Bertz CT molecular complexity index is 82.6. The average Bonchev–Trinajstić information content (AvgIpc) is 1.65. The quantitative estimate of drug-likeness (QED) is 0.597. The topological polar surface area (TPSA) is 12.0 Å². The van der Waals surface area contributed by atoms with Gasteiger partial charge in [-0.3, -0.25) is 0 Å². The summed E-state index contributed by atoms with van der Waals surface area (Å²) in [5.41, 5.74) is 0. The second-order valence-corrected chi connectivity index (χ2v) is 2.96. The lowest BCUT2D eigenvalue weighted by Gasteiger charge is -2.20. The van der Waals surface area contributed by atoms with Crippen molar-refractivity contribution in [2.24, 2.45) is 0 Å². The Balaban J connectivity index is 0.000000640. The highest BCUT2D eigenvalue weighted by atomic mass is 35.5. The minimum atomic E-state index is -2.52. The molecule has 0 aromatic heterocycles. The summed E-state index contributed by atoms with van der Waals surface area (Å²) in [5, 5.41) is 0.0885. The van der Waals surface area contributed by atoms with E-state index in [4.69, 9.17) is 0 Å². The van der Waals surface area contributed by atoms with Crippen molar-refractivity contribution in [1.29, 1.82) is 0 Å². The number of halogens is 3. The Morgan fingerprint density at radius 2 is 2.11 bits per heavy atom. The fourth-order valence-electron chi connectivity index (χ4n) is 0.557. The van der Waals surface area contributed by atoms with Crippen LogP contribution >= 0.6 is 24.2 Å². The molecule has 1 aliphatic rings. The second kappa shape index (κ2) is 3.58. The van der Waals surface area contributed by atoms with Gasteiger partial charge in [0.1, 0.15) is 0 Å². The Labute approximate surface area is 63.0 Å². The third kappa shape index (κ3) is 3.23. The van der Waals surface area contributed by atoms with Crippen LogP contribution < -0.4 is 5.32 Å². The predicted octanol–water partition coefficient (Wildman–Crippen LogP) is 1.34. The van der Waals surface area contributed by atoms with Gasteiger partial charge in [-0.05, 0) is 0 Å². The molecular formula is C4H8ClF2NS. The molecule has 56 valence electrons. The molecule has 1 rings (SSSR count). The van der Waals surface area contributed by atoms with E-state index in [-0.39, 0.29) is 19.0 Å². The minimum Gasteiger partial charge on any atom is -0.310 e. The molecule has 0 bridgehead atoms. The maximum atomic E-state index is 12.1. The Kier molecular flexibility index (Phi) is 3.77. The Hall–Kier alpha value is 0.460. The first-order valence-electron chi connectivity index (χ1n) is 2.43. The van der Waals surface area contributed by atoms with Gasteiger partial charge >= 0.3 is 5.25 Å². The van der Waals surface area contributed by atoms with Crippen LogP contribution in [0.25, 0.3) is 0 Å². The summed E-state index contributed by atoms with van der Waals surface area (Å²) in [5.74, 6) is 0.521. The van der Waals surface area contributed by atoms with Gasteiger partial charge in [0.25, 0.3) is 0 Å².